The molecule has 7 aromatic heterocycles. The normalized spacial score (nSPS) is 12.9. The van der Waals surface area contributed by atoms with Crippen LogP contribution in [-0.4, -0.2) is 147 Å². The van der Waals surface area contributed by atoms with Crippen LogP contribution in [0.4, 0.5) is 4.79 Å². The van der Waals surface area contributed by atoms with E-state index in [0.717, 1.165) is 129 Å². The molecule has 24 heteroatoms. The third kappa shape index (κ3) is 34.6. The smallest absolute Gasteiger partial charge is 0.408 e. The second-order valence-corrected chi connectivity index (χ2v) is 50.0. The molecule has 2 amide bonds. The van der Waals surface area contributed by atoms with Crippen molar-refractivity contribution in [3.8, 4) is 46.1 Å². The van der Waals surface area contributed by atoms with Crippen LogP contribution in [0.1, 0.15) is 339 Å². The maximum absolute atomic E-state index is 12.6. The average molecular weight is 1840 g/mol. The zero-order valence-electron chi connectivity index (χ0n) is 89.4. The van der Waals surface area contributed by atoms with E-state index < -0.39 is 39.4 Å². The van der Waals surface area contributed by atoms with Crippen LogP contribution in [0.15, 0.2) is 97.5 Å². The van der Waals surface area contributed by atoms with E-state index in [9.17, 15) is 43.8 Å². The van der Waals surface area contributed by atoms with Crippen molar-refractivity contribution in [2.75, 3.05) is 20.6 Å². The zero-order chi connectivity index (χ0) is 102. The van der Waals surface area contributed by atoms with Gasteiger partial charge in [-0.3, -0.25) is 28.8 Å². The van der Waals surface area contributed by atoms with Gasteiger partial charge in [0.2, 0.25) is 5.91 Å². The molecule has 8 N–H and O–H groups in total. The topological polar surface area (TPSA) is 326 Å². The van der Waals surface area contributed by atoms with Crippen LogP contribution in [0.5, 0.6) is 11.5 Å². The van der Waals surface area contributed by atoms with Gasteiger partial charge >= 0.3 is 6.09 Å². The lowest BCUT2D eigenvalue weighted by Gasteiger charge is -2.28. The zero-order valence-corrected chi connectivity index (χ0v) is 89.4. The number of alkyl carbamates (subject to hydrolysis) is 1. The minimum absolute atomic E-state index is 0.0484. The number of aromatic hydroxyl groups is 2. The maximum Gasteiger partial charge on any atom is 0.408 e. The molecular weight excluding hydrogens is 1680 g/mol. The van der Waals surface area contributed by atoms with E-state index >= 15 is 0 Å². The molecule has 0 saturated heterocycles. The number of aromatic amines is 4. The fourth-order valence-corrected chi connectivity index (χ4v) is 15.1. The molecular formula is C110H166N14O10. The molecule has 0 aliphatic rings. The lowest BCUT2D eigenvalue weighted by Crippen LogP contribution is -2.47. The van der Waals surface area contributed by atoms with Gasteiger partial charge in [0.05, 0.1) is 55.9 Å². The van der Waals surface area contributed by atoms with Gasteiger partial charge in [-0.1, -0.05) is 214 Å². The standard InChI is InChI=1S/2C22H29N3O2.C22H29N3O.C18H35NO3.C17H24N2O.C9H20N2O/c2*1-21(2,3)11-14-12-25(7)17(18(14)26)20-23-15-9-8-13(10-16(15)24-20)19(27)22(4,5)6;1-21(2,3)12-14-10-18(25(7)13-14)20-23-16-9-8-15(11-17(16)24-20)19(26)22(4,5)6;1-16(2,3)12-10-11-13(14(20)17(4,5)6)19-15(21)22-18(7,8)9;1-16(2,3)10-14-18-12-8-7-11(9-13(12)19-14)15(20)17(4,5)6;1-9(2,3)10-8(12)6-7-11(4)5/h2*8-10,12,26H,11H2,1-7H3,(H,23,24);8-11,13H,12H2,1-7H3,(H,23,24);13H,10-12H2,1-9H3,(H,19,21);7-9H,10H2,1-6H3,(H,18,19);6-7H2,1-5H3,(H,10,12). The van der Waals surface area contributed by atoms with Crippen molar-refractivity contribution >= 4 is 85.1 Å². The van der Waals surface area contributed by atoms with E-state index in [2.05, 4.69) is 166 Å². The van der Waals surface area contributed by atoms with Crippen LogP contribution in [-0.2, 0) is 61.2 Å². The van der Waals surface area contributed by atoms with E-state index in [1.54, 1.807) is 0 Å². The molecule has 11 rings (SSSR count). The first-order chi connectivity index (χ1) is 60.7. The number of Topliss-reactive ketones (excluding diaryl/α,β-unsaturated/α-hetero) is 5. The highest BCUT2D eigenvalue weighted by Gasteiger charge is 2.35. The number of aromatic nitrogens is 11. The monoisotopic (exact) mass is 1840 g/mol. The number of hydrogen-bond acceptors (Lipinski definition) is 15. The van der Waals surface area contributed by atoms with Crippen LogP contribution in [0.2, 0.25) is 0 Å². The summed E-state index contributed by atoms with van der Waals surface area (Å²) in [5.41, 5.74) is 13.1. The first-order valence-corrected chi connectivity index (χ1v) is 47.2. The summed E-state index contributed by atoms with van der Waals surface area (Å²) in [6.07, 6.45) is 12.1. The fraction of sp³-hybridized carbons (Fsp3) is 0.573. The van der Waals surface area contributed by atoms with E-state index in [-0.39, 0.29) is 84.4 Å². The molecule has 736 valence electrons. The van der Waals surface area contributed by atoms with E-state index in [1.165, 1.54) is 5.56 Å². The summed E-state index contributed by atoms with van der Waals surface area (Å²) in [4.78, 5) is 120. The number of imidazole rings is 4. The Labute approximate surface area is 800 Å². The number of benzene rings is 4. The first kappa shape index (κ1) is 112. The fourth-order valence-electron chi connectivity index (χ4n) is 15.1. The Morgan fingerprint density at radius 3 is 1.07 bits per heavy atom. The Bertz CT molecular complexity index is 5750. The second kappa shape index (κ2) is 42.7. The Morgan fingerprint density at radius 2 is 0.754 bits per heavy atom. The summed E-state index contributed by atoms with van der Waals surface area (Å²) in [5.74, 6) is 4.20. The van der Waals surface area contributed by atoms with Gasteiger partial charge in [0.1, 0.15) is 34.3 Å². The number of aryl methyl sites for hydroxylation is 3. The number of hydrogen-bond donors (Lipinski definition) is 8. The largest absolute Gasteiger partial charge is 0.505 e. The maximum atomic E-state index is 12.6. The Morgan fingerprint density at radius 1 is 0.410 bits per heavy atom. The molecule has 11 aromatic rings. The van der Waals surface area contributed by atoms with Crippen LogP contribution in [0.3, 0.4) is 0 Å². The van der Waals surface area contributed by atoms with Gasteiger partial charge in [0.25, 0.3) is 0 Å². The van der Waals surface area contributed by atoms with Crippen molar-refractivity contribution in [1.29, 1.82) is 0 Å². The summed E-state index contributed by atoms with van der Waals surface area (Å²) in [5, 5.41) is 27.2. The van der Waals surface area contributed by atoms with Gasteiger partial charge in [0, 0.05) is 125 Å². The molecule has 0 saturated carbocycles. The number of ether oxygens (including phenoxy) is 1. The predicted octanol–water partition coefficient (Wildman–Crippen LogP) is 25.5. The van der Waals surface area contributed by atoms with Crippen molar-refractivity contribution in [1.82, 2.24) is 69.1 Å². The number of fused-ring (bicyclic) bond motifs is 4. The van der Waals surface area contributed by atoms with Crippen molar-refractivity contribution in [2.24, 2.45) is 75.3 Å². The van der Waals surface area contributed by atoms with Crippen LogP contribution in [0.25, 0.3) is 78.7 Å². The number of nitrogens with one attached hydrogen (secondary N) is 6. The van der Waals surface area contributed by atoms with Crippen LogP contribution < -0.4 is 10.6 Å². The molecule has 1 atom stereocenters. The molecule has 4 aromatic carbocycles. The molecule has 24 nitrogen and oxygen atoms in total. The number of carbonyl (C=O) groups is 7. The highest BCUT2D eigenvalue weighted by molar-refractivity contribution is 6.05. The van der Waals surface area contributed by atoms with Gasteiger partial charge < -0.3 is 64.1 Å². The van der Waals surface area contributed by atoms with Crippen molar-refractivity contribution in [3.63, 3.8) is 0 Å². The van der Waals surface area contributed by atoms with Crippen molar-refractivity contribution in [2.45, 2.75) is 318 Å². The Hall–Kier alpha value is -10.8. The molecule has 0 spiro atoms. The number of ketones is 5. The van der Waals surface area contributed by atoms with Crippen LogP contribution in [0, 0.1) is 54.1 Å². The SMILES string of the molecule is CC(C)(C)CCCC(NC(=O)OC(C)(C)C)C(=O)C(C)(C)C.CC(C)(C)Cc1nc2ccc(C(=O)C(C)(C)C)cc2[nH]1.CN(C)CCC(=O)NC(C)(C)C.Cn1cc(CC(C)(C)C)c(O)c1-c1nc2ccc(C(=O)C(C)(C)C)cc2[nH]1.Cn1cc(CC(C)(C)C)c(O)c1-c1nc2ccc(C(=O)C(C)(C)C)cc2[nH]1.Cn1cc(CC(C)(C)C)cc1-c1nc2ccc(C(=O)C(C)(C)C)cc2[nH]1. The highest BCUT2D eigenvalue weighted by atomic mass is 16.6. The lowest BCUT2D eigenvalue weighted by molar-refractivity contribution is -0.128. The summed E-state index contributed by atoms with van der Waals surface area (Å²) in [6.45, 7) is 73.7. The number of rotatable bonds is 19. The van der Waals surface area contributed by atoms with Crippen molar-refractivity contribution < 1.29 is 48.5 Å². The Balaban J connectivity index is 0.000000251. The van der Waals surface area contributed by atoms with Crippen molar-refractivity contribution in [3.05, 3.63) is 142 Å². The number of amides is 2. The molecule has 0 aliphatic heterocycles. The van der Waals surface area contributed by atoms with Gasteiger partial charge in [0.15, 0.2) is 46.4 Å². The third-order valence-electron chi connectivity index (χ3n) is 21.3. The van der Waals surface area contributed by atoms with Gasteiger partial charge in [-0.05, 0) is 199 Å². The number of H-pyrrole nitrogens is 4. The van der Waals surface area contributed by atoms with Gasteiger partial charge in [-0.15, -0.1) is 0 Å². The summed E-state index contributed by atoms with van der Waals surface area (Å²) < 4.78 is 11.2. The van der Waals surface area contributed by atoms with E-state index in [1.807, 2.05) is 280 Å². The minimum atomic E-state index is -0.565. The molecule has 0 radical (unpaired) electrons. The highest BCUT2D eigenvalue weighted by Crippen LogP contribution is 2.41. The summed E-state index contributed by atoms with van der Waals surface area (Å²) >= 11 is 0. The minimum Gasteiger partial charge on any atom is -0.505 e. The van der Waals surface area contributed by atoms with Crippen LogP contribution >= 0.6 is 0 Å². The van der Waals surface area contributed by atoms with E-state index in [4.69, 9.17) is 9.72 Å². The molecule has 134 heavy (non-hydrogen) atoms. The number of carbonyl (C=O) groups excluding carboxylic acids is 7. The first-order valence-electron chi connectivity index (χ1n) is 47.2. The molecule has 1 unspecified atom stereocenters. The van der Waals surface area contributed by atoms with E-state index in [0.29, 0.717) is 47.0 Å². The molecule has 7 heterocycles. The predicted molar refractivity (Wildman–Crippen MR) is 551 cm³/mol. The summed E-state index contributed by atoms with van der Waals surface area (Å²) in [6, 6.07) is 24.2. The van der Waals surface area contributed by atoms with Gasteiger partial charge in [-0.25, -0.2) is 24.7 Å². The lowest BCUT2D eigenvalue weighted by atomic mass is 9.83. The average Bonchev–Trinajstić information content (AvgIpc) is 1.62. The molecule has 0 fully saturated rings. The van der Waals surface area contributed by atoms with Gasteiger partial charge in [-0.2, -0.15) is 0 Å². The second-order valence-electron chi connectivity index (χ2n) is 50.0. The quantitative estimate of drug-likeness (QED) is 0.0349. The third-order valence-corrected chi connectivity index (χ3v) is 21.3. The molecule has 0 bridgehead atoms. The molecule has 0 aliphatic carbocycles. The number of nitrogens with zero attached hydrogens (tertiary/aromatic N) is 8. The Kier molecular flexibility index (Phi) is 35.7. The summed E-state index contributed by atoms with van der Waals surface area (Å²) in [7, 11) is 9.78.